The maximum atomic E-state index is 12.0. The van der Waals surface area contributed by atoms with Crippen molar-refractivity contribution < 1.29 is 9.53 Å². The number of alkyl halides is 1. The summed E-state index contributed by atoms with van der Waals surface area (Å²) in [6, 6.07) is 0. The van der Waals surface area contributed by atoms with E-state index in [4.69, 9.17) is 4.74 Å². The van der Waals surface area contributed by atoms with Crippen LogP contribution in [0.25, 0.3) is 0 Å². The fraction of sp³-hybridized carbons (Fsp3) is 0.500. The summed E-state index contributed by atoms with van der Waals surface area (Å²) in [6.07, 6.45) is 4.56. The molecule has 0 saturated carbocycles. The van der Waals surface area contributed by atoms with Crippen LogP contribution in [-0.4, -0.2) is 51.9 Å². The smallest absolute Gasteiger partial charge is 0.257 e. The zero-order chi connectivity index (χ0) is 11.4. The van der Waals surface area contributed by atoms with Crippen LogP contribution in [-0.2, 0) is 4.74 Å². The molecule has 5 nitrogen and oxygen atoms in total. The first-order chi connectivity index (χ1) is 7.81. The van der Waals surface area contributed by atoms with Crippen LogP contribution in [0.2, 0.25) is 0 Å². The lowest BCUT2D eigenvalue weighted by molar-refractivity contribution is -0.00968. The standard InChI is InChI=1S/C10H12BrN3O2/c11-3-9-6-14(1-2-16-9)10(15)8-4-12-7-13-5-8/h4-5,7,9H,1-3,6H2. The van der Waals surface area contributed by atoms with Gasteiger partial charge in [0.15, 0.2) is 0 Å². The van der Waals surface area contributed by atoms with Crippen LogP contribution in [0.4, 0.5) is 0 Å². The van der Waals surface area contributed by atoms with Gasteiger partial charge in [0.1, 0.15) is 6.33 Å². The zero-order valence-electron chi connectivity index (χ0n) is 8.67. The Bertz CT molecular complexity index is 360. The lowest BCUT2D eigenvalue weighted by Gasteiger charge is -2.32. The quantitative estimate of drug-likeness (QED) is 0.751. The van der Waals surface area contributed by atoms with Crippen molar-refractivity contribution in [2.24, 2.45) is 0 Å². The molecule has 0 N–H and O–H groups in total. The van der Waals surface area contributed by atoms with Crippen molar-refractivity contribution in [1.82, 2.24) is 14.9 Å². The minimum absolute atomic E-state index is 0.0325. The highest BCUT2D eigenvalue weighted by molar-refractivity contribution is 9.09. The van der Waals surface area contributed by atoms with Gasteiger partial charge in [-0.15, -0.1) is 0 Å². The van der Waals surface area contributed by atoms with Crippen molar-refractivity contribution in [1.29, 1.82) is 0 Å². The van der Waals surface area contributed by atoms with E-state index in [1.165, 1.54) is 18.7 Å². The Kier molecular flexibility index (Phi) is 3.84. The van der Waals surface area contributed by atoms with E-state index in [0.717, 1.165) is 5.33 Å². The van der Waals surface area contributed by atoms with E-state index in [2.05, 4.69) is 25.9 Å². The summed E-state index contributed by atoms with van der Waals surface area (Å²) in [5.74, 6) is -0.0325. The van der Waals surface area contributed by atoms with Crippen LogP contribution in [0.3, 0.4) is 0 Å². The average Bonchev–Trinajstić information content (AvgIpc) is 2.39. The average molecular weight is 286 g/mol. The Morgan fingerprint density at radius 1 is 1.56 bits per heavy atom. The van der Waals surface area contributed by atoms with Crippen LogP contribution in [0.5, 0.6) is 0 Å². The molecule has 2 rings (SSSR count). The van der Waals surface area contributed by atoms with Gasteiger partial charge in [-0.05, 0) is 0 Å². The van der Waals surface area contributed by atoms with E-state index in [-0.39, 0.29) is 12.0 Å². The minimum atomic E-state index is -0.0325. The molecule has 1 amide bonds. The van der Waals surface area contributed by atoms with Gasteiger partial charge < -0.3 is 9.64 Å². The molecule has 1 aromatic heterocycles. The monoisotopic (exact) mass is 285 g/mol. The number of hydrogen-bond donors (Lipinski definition) is 0. The van der Waals surface area contributed by atoms with Crippen LogP contribution >= 0.6 is 15.9 Å². The molecule has 1 atom stereocenters. The molecule has 0 bridgehead atoms. The van der Waals surface area contributed by atoms with Crippen molar-refractivity contribution in [3.05, 3.63) is 24.3 Å². The predicted molar refractivity (Wildman–Crippen MR) is 61.5 cm³/mol. The highest BCUT2D eigenvalue weighted by atomic mass is 79.9. The van der Waals surface area contributed by atoms with Gasteiger partial charge in [0, 0.05) is 30.8 Å². The third kappa shape index (κ3) is 2.56. The van der Waals surface area contributed by atoms with Crippen molar-refractivity contribution in [2.75, 3.05) is 25.0 Å². The van der Waals surface area contributed by atoms with Gasteiger partial charge >= 0.3 is 0 Å². The molecule has 1 aromatic rings. The largest absolute Gasteiger partial charge is 0.374 e. The van der Waals surface area contributed by atoms with Crippen LogP contribution in [0.15, 0.2) is 18.7 Å². The first kappa shape index (κ1) is 11.5. The number of rotatable bonds is 2. The highest BCUT2D eigenvalue weighted by Crippen LogP contribution is 2.10. The van der Waals surface area contributed by atoms with Gasteiger partial charge in [-0.3, -0.25) is 4.79 Å². The second kappa shape index (κ2) is 5.36. The fourth-order valence-electron chi connectivity index (χ4n) is 1.59. The molecule has 1 unspecified atom stereocenters. The number of nitrogens with zero attached hydrogens (tertiary/aromatic N) is 3. The second-order valence-corrected chi connectivity index (χ2v) is 4.17. The van der Waals surface area contributed by atoms with E-state index >= 15 is 0 Å². The van der Waals surface area contributed by atoms with E-state index in [1.807, 2.05) is 0 Å². The number of aromatic nitrogens is 2. The Hall–Kier alpha value is -1.01. The number of carbonyl (C=O) groups excluding carboxylic acids is 1. The van der Waals surface area contributed by atoms with Crippen molar-refractivity contribution >= 4 is 21.8 Å². The summed E-state index contributed by atoms with van der Waals surface area (Å²) in [5, 5.41) is 0.738. The normalized spacial score (nSPS) is 20.8. The van der Waals surface area contributed by atoms with E-state index in [1.54, 1.807) is 4.90 Å². The van der Waals surface area contributed by atoms with Gasteiger partial charge in [0.05, 0.1) is 18.3 Å². The van der Waals surface area contributed by atoms with Gasteiger partial charge in [-0.1, -0.05) is 15.9 Å². The highest BCUT2D eigenvalue weighted by Gasteiger charge is 2.24. The maximum Gasteiger partial charge on any atom is 0.257 e. The first-order valence-corrected chi connectivity index (χ1v) is 6.15. The van der Waals surface area contributed by atoms with Gasteiger partial charge in [-0.25, -0.2) is 9.97 Å². The van der Waals surface area contributed by atoms with Crippen LogP contribution in [0.1, 0.15) is 10.4 Å². The number of ether oxygens (including phenoxy) is 1. The summed E-state index contributed by atoms with van der Waals surface area (Å²) >= 11 is 3.36. The molecule has 0 aliphatic carbocycles. The Morgan fingerprint density at radius 2 is 2.31 bits per heavy atom. The summed E-state index contributed by atoms with van der Waals surface area (Å²) in [5.41, 5.74) is 0.526. The fourth-order valence-corrected chi connectivity index (χ4v) is 1.98. The first-order valence-electron chi connectivity index (χ1n) is 5.03. The molecule has 2 heterocycles. The Labute approximate surface area is 102 Å². The van der Waals surface area contributed by atoms with Crippen molar-refractivity contribution in [2.45, 2.75) is 6.10 Å². The number of halogens is 1. The molecule has 0 radical (unpaired) electrons. The molecule has 6 heteroatoms. The van der Waals surface area contributed by atoms with Gasteiger partial charge in [0.2, 0.25) is 0 Å². The summed E-state index contributed by atoms with van der Waals surface area (Å²) in [7, 11) is 0. The molecule has 0 spiro atoms. The minimum Gasteiger partial charge on any atom is -0.374 e. The molecule has 86 valence electrons. The number of amides is 1. The number of morpholine rings is 1. The number of carbonyl (C=O) groups is 1. The van der Waals surface area contributed by atoms with Crippen LogP contribution < -0.4 is 0 Å². The molecule has 1 saturated heterocycles. The zero-order valence-corrected chi connectivity index (χ0v) is 10.3. The van der Waals surface area contributed by atoms with Crippen LogP contribution in [0, 0.1) is 0 Å². The van der Waals surface area contributed by atoms with Crippen molar-refractivity contribution in [3.8, 4) is 0 Å². The third-order valence-corrected chi connectivity index (χ3v) is 3.13. The predicted octanol–water partition coefficient (Wildman–Crippen LogP) is 0.712. The molecule has 1 aliphatic rings. The Balaban J connectivity index is 2.05. The van der Waals surface area contributed by atoms with E-state index in [9.17, 15) is 4.79 Å². The second-order valence-electron chi connectivity index (χ2n) is 3.53. The SMILES string of the molecule is O=C(c1cncnc1)N1CCOC(CBr)C1. The van der Waals surface area contributed by atoms with E-state index < -0.39 is 0 Å². The summed E-state index contributed by atoms with van der Waals surface area (Å²) in [4.78, 5) is 21.5. The molecular formula is C10H12BrN3O2. The van der Waals surface area contributed by atoms with Crippen molar-refractivity contribution in [3.63, 3.8) is 0 Å². The van der Waals surface area contributed by atoms with Gasteiger partial charge in [-0.2, -0.15) is 0 Å². The molecule has 0 aromatic carbocycles. The third-order valence-electron chi connectivity index (χ3n) is 2.41. The topological polar surface area (TPSA) is 55.3 Å². The van der Waals surface area contributed by atoms with Gasteiger partial charge in [0.25, 0.3) is 5.91 Å². The number of hydrogen-bond acceptors (Lipinski definition) is 4. The maximum absolute atomic E-state index is 12.0. The molecule has 16 heavy (non-hydrogen) atoms. The summed E-state index contributed by atoms with van der Waals surface area (Å²) < 4.78 is 5.47. The summed E-state index contributed by atoms with van der Waals surface area (Å²) in [6.45, 7) is 1.81. The van der Waals surface area contributed by atoms with E-state index in [0.29, 0.717) is 25.3 Å². The lowest BCUT2D eigenvalue weighted by Crippen LogP contribution is -2.46. The molecule has 1 fully saturated rings. The lowest BCUT2D eigenvalue weighted by atomic mass is 10.2. The molecule has 1 aliphatic heterocycles. The molecular weight excluding hydrogens is 274 g/mol. The Morgan fingerprint density at radius 3 is 3.00 bits per heavy atom.